The van der Waals surface area contributed by atoms with Gasteiger partial charge in [0.2, 0.25) is 0 Å². The highest BCUT2D eigenvalue weighted by Gasteiger charge is 2.34. The number of rotatable bonds is 5. The molecule has 0 bridgehead atoms. The molecule has 7 heteroatoms. The second-order valence-electron chi connectivity index (χ2n) is 6.03. The smallest absolute Gasteiger partial charge is 0.276 e. The van der Waals surface area contributed by atoms with E-state index in [4.69, 9.17) is 28.6 Å². The fourth-order valence-corrected chi connectivity index (χ4v) is 3.27. The Bertz CT molecular complexity index is 915. The number of hydrogen-bond donors (Lipinski definition) is 0. The summed E-state index contributed by atoms with van der Waals surface area (Å²) in [6.45, 7) is 2.68. The van der Waals surface area contributed by atoms with Crippen LogP contribution in [0.2, 0.25) is 5.02 Å². The van der Waals surface area contributed by atoms with Crippen LogP contribution in [0.5, 0.6) is 5.75 Å². The number of halogens is 2. The Morgan fingerprint density at radius 2 is 1.93 bits per heavy atom. The Hall–Kier alpha value is -2.44. The van der Waals surface area contributed by atoms with Crippen molar-refractivity contribution in [3.8, 4) is 5.75 Å². The molecule has 0 radical (unpaired) electrons. The van der Waals surface area contributed by atoms with Gasteiger partial charge in [-0.3, -0.25) is 9.69 Å². The first-order chi connectivity index (χ1) is 12.9. The largest absolute Gasteiger partial charge is 0.487 e. The van der Waals surface area contributed by atoms with Crippen LogP contribution in [-0.4, -0.2) is 34.4 Å². The predicted molar refractivity (Wildman–Crippen MR) is 108 cm³/mol. The van der Waals surface area contributed by atoms with Crippen molar-refractivity contribution in [2.45, 2.75) is 13.5 Å². The van der Waals surface area contributed by atoms with Crippen LogP contribution in [0.4, 0.5) is 4.39 Å². The molecule has 27 heavy (non-hydrogen) atoms. The van der Waals surface area contributed by atoms with Crippen molar-refractivity contribution >= 4 is 40.9 Å². The monoisotopic (exact) mass is 404 g/mol. The molecule has 1 aliphatic rings. The molecule has 0 atom stereocenters. The van der Waals surface area contributed by atoms with Gasteiger partial charge in [-0.2, -0.15) is 0 Å². The van der Waals surface area contributed by atoms with Crippen molar-refractivity contribution in [1.82, 2.24) is 9.80 Å². The minimum Gasteiger partial charge on any atom is -0.487 e. The third-order valence-electron chi connectivity index (χ3n) is 4.23. The Morgan fingerprint density at radius 1 is 1.22 bits per heavy atom. The van der Waals surface area contributed by atoms with Gasteiger partial charge >= 0.3 is 0 Å². The number of amides is 1. The molecule has 140 valence electrons. The average Bonchev–Trinajstić information content (AvgIpc) is 2.85. The van der Waals surface area contributed by atoms with Crippen LogP contribution >= 0.6 is 23.8 Å². The molecule has 1 heterocycles. The lowest BCUT2D eigenvalue weighted by Crippen LogP contribution is -2.30. The summed E-state index contributed by atoms with van der Waals surface area (Å²) in [7, 11) is 1.77. The summed E-state index contributed by atoms with van der Waals surface area (Å²) in [6, 6.07) is 11.4. The normalized spacial score (nSPS) is 15.8. The molecular weight excluding hydrogens is 387 g/mol. The minimum atomic E-state index is -0.290. The van der Waals surface area contributed by atoms with Gasteiger partial charge in [-0.05, 0) is 60.6 Å². The van der Waals surface area contributed by atoms with Crippen LogP contribution in [-0.2, 0) is 11.4 Å². The van der Waals surface area contributed by atoms with Crippen LogP contribution in [0.3, 0.4) is 0 Å². The third kappa shape index (κ3) is 4.12. The number of nitrogens with zero attached hydrogens (tertiary/aromatic N) is 2. The highest BCUT2D eigenvalue weighted by Crippen LogP contribution is 2.29. The summed E-state index contributed by atoms with van der Waals surface area (Å²) in [5, 5.41) is 0.911. The zero-order valence-electron chi connectivity index (χ0n) is 14.9. The van der Waals surface area contributed by atoms with Gasteiger partial charge < -0.3 is 9.64 Å². The lowest BCUT2D eigenvalue weighted by molar-refractivity contribution is -0.122. The molecule has 3 rings (SSSR count). The number of hydrogen-bond acceptors (Lipinski definition) is 3. The average molecular weight is 405 g/mol. The molecule has 1 fully saturated rings. The highest BCUT2D eigenvalue weighted by molar-refractivity contribution is 7.80. The SMILES string of the molecule is CCN1C(=O)/C(=C/c2ccc(OCc3ccc(F)cc3)c(Cl)c2)N(C)C1=S. The predicted octanol–water partition coefficient (Wildman–Crippen LogP) is 4.48. The minimum absolute atomic E-state index is 0.127. The van der Waals surface area contributed by atoms with Gasteiger partial charge in [0, 0.05) is 13.6 Å². The van der Waals surface area contributed by atoms with Gasteiger partial charge in [0.25, 0.3) is 5.91 Å². The van der Waals surface area contributed by atoms with Crippen LogP contribution in [0.15, 0.2) is 48.2 Å². The molecule has 0 spiro atoms. The van der Waals surface area contributed by atoms with E-state index in [1.807, 2.05) is 13.0 Å². The van der Waals surface area contributed by atoms with E-state index in [9.17, 15) is 9.18 Å². The number of likely N-dealkylation sites (N-methyl/N-ethyl adjacent to an activating group) is 2. The van der Waals surface area contributed by atoms with Crippen molar-refractivity contribution in [2.24, 2.45) is 0 Å². The van der Waals surface area contributed by atoms with Gasteiger partial charge in [-0.1, -0.05) is 29.8 Å². The maximum Gasteiger partial charge on any atom is 0.276 e. The number of benzene rings is 2. The zero-order chi connectivity index (χ0) is 19.6. The summed E-state index contributed by atoms with van der Waals surface area (Å²) >= 11 is 11.6. The summed E-state index contributed by atoms with van der Waals surface area (Å²) in [4.78, 5) is 15.7. The van der Waals surface area contributed by atoms with Crippen molar-refractivity contribution in [2.75, 3.05) is 13.6 Å². The van der Waals surface area contributed by atoms with Crippen molar-refractivity contribution < 1.29 is 13.9 Å². The van der Waals surface area contributed by atoms with Gasteiger partial charge in [0.05, 0.1) is 5.02 Å². The van der Waals surface area contributed by atoms with Crippen LogP contribution in [0, 0.1) is 5.82 Å². The van der Waals surface area contributed by atoms with E-state index in [2.05, 4.69) is 0 Å². The van der Waals surface area contributed by atoms with Crippen LogP contribution < -0.4 is 4.74 Å². The maximum atomic E-state index is 12.9. The topological polar surface area (TPSA) is 32.8 Å². The summed E-state index contributed by atoms with van der Waals surface area (Å²) < 4.78 is 18.6. The standard InChI is InChI=1S/C20H18ClFN2O2S/c1-3-24-19(25)17(23(2)20(24)27)11-14-6-9-18(16(21)10-14)26-12-13-4-7-15(22)8-5-13/h4-11H,3,12H2,1-2H3/b17-11-. The molecule has 0 aliphatic carbocycles. The Morgan fingerprint density at radius 3 is 2.52 bits per heavy atom. The molecule has 1 saturated heterocycles. The zero-order valence-corrected chi connectivity index (χ0v) is 16.5. The Labute approximate surface area is 167 Å². The molecule has 2 aromatic rings. The van der Waals surface area contributed by atoms with Crippen LogP contribution in [0.25, 0.3) is 6.08 Å². The van der Waals surface area contributed by atoms with Crippen molar-refractivity contribution in [3.63, 3.8) is 0 Å². The van der Waals surface area contributed by atoms with Gasteiger partial charge in [0.15, 0.2) is 5.11 Å². The van der Waals surface area contributed by atoms with Gasteiger partial charge in [-0.15, -0.1) is 0 Å². The first-order valence-corrected chi connectivity index (χ1v) is 9.17. The second kappa shape index (κ2) is 8.06. The van der Waals surface area contributed by atoms with Crippen molar-refractivity contribution in [1.29, 1.82) is 0 Å². The Kier molecular flexibility index (Phi) is 5.77. The molecular formula is C20H18ClFN2O2S. The molecule has 0 unspecified atom stereocenters. The van der Waals surface area contributed by atoms with Gasteiger partial charge in [0.1, 0.15) is 23.9 Å². The molecule has 1 amide bonds. The van der Waals surface area contributed by atoms with E-state index in [1.165, 1.54) is 12.1 Å². The lowest BCUT2D eigenvalue weighted by atomic mass is 10.1. The van der Waals surface area contributed by atoms with Crippen molar-refractivity contribution in [3.05, 3.63) is 70.1 Å². The summed E-state index contributed by atoms with van der Waals surface area (Å²) in [6.07, 6.45) is 1.75. The first kappa shape index (κ1) is 19.3. The number of carbonyl (C=O) groups is 1. The van der Waals surface area contributed by atoms with E-state index in [1.54, 1.807) is 47.2 Å². The third-order valence-corrected chi connectivity index (χ3v) is 5.02. The lowest BCUT2D eigenvalue weighted by Gasteiger charge is -2.13. The number of carbonyl (C=O) groups excluding carboxylic acids is 1. The molecule has 0 aromatic heterocycles. The van der Waals surface area contributed by atoms with E-state index in [-0.39, 0.29) is 18.3 Å². The molecule has 0 N–H and O–H groups in total. The van der Waals surface area contributed by atoms with E-state index in [0.29, 0.717) is 28.1 Å². The van der Waals surface area contributed by atoms with E-state index >= 15 is 0 Å². The summed E-state index contributed by atoms with van der Waals surface area (Å²) in [5.74, 6) is 0.0967. The summed E-state index contributed by atoms with van der Waals surface area (Å²) in [5.41, 5.74) is 2.10. The fraction of sp³-hybridized carbons (Fsp3) is 0.200. The molecule has 0 saturated carbocycles. The number of ether oxygens (including phenoxy) is 1. The Balaban J connectivity index is 1.75. The van der Waals surface area contributed by atoms with E-state index < -0.39 is 0 Å². The maximum absolute atomic E-state index is 12.9. The second-order valence-corrected chi connectivity index (χ2v) is 6.80. The fourth-order valence-electron chi connectivity index (χ4n) is 2.71. The molecule has 1 aliphatic heterocycles. The van der Waals surface area contributed by atoms with E-state index in [0.717, 1.165) is 11.1 Å². The van der Waals surface area contributed by atoms with Gasteiger partial charge in [-0.25, -0.2) is 4.39 Å². The number of thiocarbonyl (C=S) groups is 1. The van der Waals surface area contributed by atoms with Crippen LogP contribution in [0.1, 0.15) is 18.1 Å². The first-order valence-electron chi connectivity index (χ1n) is 8.38. The molecule has 2 aromatic carbocycles. The molecule has 4 nitrogen and oxygen atoms in total. The highest BCUT2D eigenvalue weighted by atomic mass is 35.5. The quantitative estimate of drug-likeness (QED) is 0.543.